The van der Waals surface area contributed by atoms with Crippen molar-refractivity contribution in [2.75, 3.05) is 42.7 Å². The van der Waals surface area contributed by atoms with Gasteiger partial charge in [0, 0.05) is 20.4 Å². The normalized spacial score (nSPS) is 11.2. The Balaban J connectivity index is 0.000000483. The molecule has 0 bridgehead atoms. The molecular weight excluding hydrogens is 481 g/mol. The molecule has 2 aromatic carbocycles. The quantitative estimate of drug-likeness (QED) is 0.397. The molecule has 0 fully saturated rings. The van der Waals surface area contributed by atoms with Crippen LogP contribution in [-0.4, -0.2) is 42.7 Å². The smallest absolute Gasteiger partial charge is 0.177 e. The second kappa shape index (κ2) is 13.8. The molecule has 0 aromatic heterocycles. The number of benzene rings is 2. The minimum Gasteiger partial charge on any atom is -0.177 e. The molecule has 27 heavy (non-hydrogen) atoms. The maximum absolute atomic E-state index is 5.29. The fourth-order valence-corrected chi connectivity index (χ4v) is 5.53. The van der Waals surface area contributed by atoms with E-state index in [0.29, 0.717) is 0 Å². The average molecular weight is 509 g/mol. The summed E-state index contributed by atoms with van der Waals surface area (Å²) in [6.45, 7) is 0. The first-order valence-corrected chi connectivity index (χ1v) is 10.9. The Hall–Kier alpha value is -0.278. The summed E-state index contributed by atoms with van der Waals surface area (Å²) in [4.78, 5) is 0. The van der Waals surface area contributed by atoms with Crippen molar-refractivity contribution in [3.05, 3.63) is 60.7 Å². The molecule has 0 radical (unpaired) electrons. The molecule has 2 rings (SSSR count). The van der Waals surface area contributed by atoms with Crippen molar-refractivity contribution >= 4 is 26.5 Å². The standard InChI is InChI=1S/2C9H14O3P.Pd/c2*1-10-13(11-2,12-3)9-7-5-4-6-8-9;/h2*4-8H,1-3H3;/q2*+1;. The molecule has 0 aliphatic heterocycles. The van der Waals surface area contributed by atoms with E-state index in [1.54, 1.807) is 42.7 Å². The van der Waals surface area contributed by atoms with Crippen molar-refractivity contribution in [3.8, 4) is 0 Å². The van der Waals surface area contributed by atoms with Gasteiger partial charge in [-0.25, -0.2) is 0 Å². The Labute approximate surface area is 177 Å². The fraction of sp³-hybridized carbons (Fsp3) is 0.333. The van der Waals surface area contributed by atoms with Crippen molar-refractivity contribution < 1.29 is 47.6 Å². The van der Waals surface area contributed by atoms with Gasteiger partial charge in [0.15, 0.2) is 10.6 Å². The molecule has 2 aromatic rings. The minimum absolute atomic E-state index is 0. The van der Waals surface area contributed by atoms with Crippen molar-refractivity contribution in [2.45, 2.75) is 0 Å². The molecule has 154 valence electrons. The van der Waals surface area contributed by atoms with Crippen LogP contribution < -0.4 is 10.6 Å². The summed E-state index contributed by atoms with van der Waals surface area (Å²) in [6.07, 6.45) is 0. The van der Waals surface area contributed by atoms with Gasteiger partial charge in [-0.2, -0.15) is 27.1 Å². The summed E-state index contributed by atoms with van der Waals surface area (Å²) in [6, 6.07) is 19.4. The predicted molar refractivity (Wildman–Crippen MR) is 108 cm³/mol. The SMILES string of the molecule is CO[P+](OC)(OC)c1ccccc1.CO[P+](OC)(OC)c1ccccc1.[Pd]. The topological polar surface area (TPSA) is 55.4 Å². The van der Waals surface area contributed by atoms with E-state index in [4.69, 9.17) is 27.1 Å². The van der Waals surface area contributed by atoms with Crippen LogP contribution in [0.1, 0.15) is 0 Å². The van der Waals surface area contributed by atoms with Crippen LogP contribution in [0.25, 0.3) is 0 Å². The van der Waals surface area contributed by atoms with Gasteiger partial charge in [0.1, 0.15) is 0 Å². The molecule has 9 heteroatoms. The summed E-state index contributed by atoms with van der Waals surface area (Å²) >= 11 is 0. The van der Waals surface area contributed by atoms with Gasteiger partial charge in [0.2, 0.25) is 0 Å². The van der Waals surface area contributed by atoms with Gasteiger partial charge in [-0.15, -0.1) is 0 Å². The molecule has 0 atom stereocenters. The summed E-state index contributed by atoms with van der Waals surface area (Å²) < 4.78 is 31.7. The van der Waals surface area contributed by atoms with E-state index in [-0.39, 0.29) is 20.4 Å². The summed E-state index contributed by atoms with van der Waals surface area (Å²) in [5.74, 6) is 0. The Kier molecular flexibility index (Phi) is 13.7. The Bertz CT molecular complexity index is 538. The molecule has 0 amide bonds. The van der Waals surface area contributed by atoms with Crippen LogP contribution >= 0.6 is 15.9 Å². The first-order chi connectivity index (χ1) is 12.6. The van der Waals surface area contributed by atoms with E-state index in [0.717, 1.165) is 10.6 Å². The fourth-order valence-electron chi connectivity index (χ4n) is 2.30. The molecule has 0 N–H and O–H groups in total. The van der Waals surface area contributed by atoms with Crippen molar-refractivity contribution in [1.82, 2.24) is 0 Å². The van der Waals surface area contributed by atoms with Crippen molar-refractivity contribution in [1.29, 1.82) is 0 Å². The minimum atomic E-state index is -2.29. The largest absolute Gasteiger partial charge is 0.447 e. The average Bonchev–Trinajstić information content (AvgIpc) is 2.74. The second-order valence-electron chi connectivity index (χ2n) is 4.76. The van der Waals surface area contributed by atoms with Gasteiger partial charge in [-0.1, -0.05) is 36.4 Å². The molecule has 0 unspecified atom stereocenters. The van der Waals surface area contributed by atoms with Crippen LogP contribution in [0.2, 0.25) is 0 Å². The summed E-state index contributed by atoms with van der Waals surface area (Å²) in [5, 5.41) is 1.89. The van der Waals surface area contributed by atoms with E-state index in [2.05, 4.69) is 0 Å². The third-order valence-corrected chi connectivity index (χ3v) is 8.33. The Morgan fingerprint density at radius 3 is 0.852 bits per heavy atom. The zero-order valence-corrected chi connectivity index (χ0v) is 19.8. The van der Waals surface area contributed by atoms with Gasteiger partial charge in [-0.3, -0.25) is 0 Å². The molecule has 0 aliphatic carbocycles. The van der Waals surface area contributed by atoms with E-state index >= 15 is 0 Å². The van der Waals surface area contributed by atoms with E-state index in [1.807, 2.05) is 60.7 Å². The molecular formula is C18H28O6P2Pd+2. The van der Waals surface area contributed by atoms with E-state index in [1.165, 1.54) is 0 Å². The van der Waals surface area contributed by atoms with Crippen LogP contribution in [-0.2, 0) is 47.6 Å². The first-order valence-electron chi connectivity index (χ1n) is 7.81. The zero-order valence-electron chi connectivity index (χ0n) is 16.4. The summed E-state index contributed by atoms with van der Waals surface area (Å²) in [7, 11) is 4.96. The molecule has 0 heterocycles. The van der Waals surface area contributed by atoms with Crippen LogP contribution in [0.15, 0.2) is 60.7 Å². The molecule has 6 nitrogen and oxygen atoms in total. The van der Waals surface area contributed by atoms with E-state index in [9.17, 15) is 0 Å². The van der Waals surface area contributed by atoms with Gasteiger partial charge in [0.05, 0.1) is 42.7 Å². The van der Waals surface area contributed by atoms with Gasteiger partial charge in [0.25, 0.3) is 0 Å². The van der Waals surface area contributed by atoms with E-state index < -0.39 is 15.9 Å². The van der Waals surface area contributed by atoms with Crippen LogP contribution in [0.5, 0.6) is 0 Å². The Morgan fingerprint density at radius 1 is 0.444 bits per heavy atom. The predicted octanol–water partition coefficient (Wildman–Crippen LogP) is 4.02. The monoisotopic (exact) mass is 508 g/mol. The maximum Gasteiger partial charge on any atom is 0.447 e. The third kappa shape index (κ3) is 6.92. The van der Waals surface area contributed by atoms with Gasteiger partial charge >= 0.3 is 15.9 Å². The van der Waals surface area contributed by atoms with Crippen LogP contribution in [0.4, 0.5) is 0 Å². The number of hydrogen-bond donors (Lipinski definition) is 0. The maximum atomic E-state index is 5.29. The summed E-state index contributed by atoms with van der Waals surface area (Å²) in [5.41, 5.74) is 0. The van der Waals surface area contributed by atoms with Crippen LogP contribution in [0, 0.1) is 0 Å². The Morgan fingerprint density at radius 2 is 0.667 bits per heavy atom. The molecule has 0 saturated heterocycles. The van der Waals surface area contributed by atoms with Crippen molar-refractivity contribution in [2.24, 2.45) is 0 Å². The molecule has 0 spiro atoms. The number of rotatable bonds is 8. The second-order valence-corrected chi connectivity index (χ2v) is 9.98. The zero-order chi connectivity index (χ0) is 19.5. The van der Waals surface area contributed by atoms with Crippen LogP contribution in [0.3, 0.4) is 0 Å². The molecule has 0 aliphatic rings. The van der Waals surface area contributed by atoms with Gasteiger partial charge in [-0.05, 0) is 24.3 Å². The molecule has 0 saturated carbocycles. The number of hydrogen-bond acceptors (Lipinski definition) is 6. The van der Waals surface area contributed by atoms with Gasteiger partial charge < -0.3 is 0 Å². The first kappa shape index (κ1) is 26.7. The van der Waals surface area contributed by atoms with Crippen molar-refractivity contribution in [3.63, 3.8) is 0 Å². The third-order valence-electron chi connectivity index (χ3n) is 3.59.